The third-order valence-corrected chi connectivity index (χ3v) is 8.00. The second-order valence-corrected chi connectivity index (χ2v) is 11.0. The predicted octanol–water partition coefficient (Wildman–Crippen LogP) is 4.76. The topological polar surface area (TPSA) is 122 Å². The van der Waals surface area contributed by atoms with Crippen molar-refractivity contribution in [3.8, 4) is 11.3 Å². The maximum Gasteiger partial charge on any atom is 0.240 e. The van der Waals surface area contributed by atoms with E-state index in [1.807, 2.05) is 42.5 Å². The number of fused-ring (bicyclic) bond motifs is 1. The van der Waals surface area contributed by atoms with E-state index in [0.29, 0.717) is 34.9 Å². The predicted molar refractivity (Wildman–Crippen MR) is 148 cm³/mol. The van der Waals surface area contributed by atoms with Crippen LogP contribution in [0.15, 0.2) is 71.6 Å². The highest BCUT2D eigenvalue weighted by molar-refractivity contribution is 7.89. The molecule has 3 aromatic carbocycles. The second-order valence-electron chi connectivity index (χ2n) is 9.29. The van der Waals surface area contributed by atoms with Crippen molar-refractivity contribution in [3.05, 3.63) is 72.3 Å². The van der Waals surface area contributed by atoms with Crippen LogP contribution in [0.25, 0.3) is 22.0 Å². The first-order chi connectivity index (χ1) is 18.3. The van der Waals surface area contributed by atoms with E-state index in [2.05, 4.69) is 25.6 Å². The Bertz CT molecular complexity index is 1580. The third kappa shape index (κ3) is 5.67. The molecule has 196 valence electrons. The van der Waals surface area contributed by atoms with Crippen molar-refractivity contribution in [2.24, 2.45) is 0 Å². The van der Waals surface area contributed by atoms with Gasteiger partial charge in [-0.1, -0.05) is 36.4 Å². The number of anilines is 3. The Kier molecular flexibility index (Phi) is 7.37. The fourth-order valence-corrected chi connectivity index (χ4v) is 5.84. The molecule has 9 nitrogen and oxygen atoms in total. The minimum Gasteiger partial charge on any atom is -0.377 e. The Morgan fingerprint density at radius 3 is 2.45 bits per heavy atom. The van der Waals surface area contributed by atoms with Crippen molar-refractivity contribution in [2.75, 3.05) is 23.8 Å². The number of amides is 1. The number of carbonyl (C=O) groups excluding carboxylic acids is 1. The number of rotatable bonds is 8. The molecule has 0 spiro atoms. The van der Waals surface area contributed by atoms with Crippen LogP contribution in [0.2, 0.25) is 0 Å². The quantitative estimate of drug-likeness (QED) is 0.299. The van der Waals surface area contributed by atoms with E-state index in [-0.39, 0.29) is 23.5 Å². The summed E-state index contributed by atoms with van der Waals surface area (Å²) in [6, 6.07) is 20.3. The molecule has 1 amide bonds. The lowest BCUT2D eigenvalue weighted by Crippen LogP contribution is -2.32. The Morgan fingerprint density at radius 1 is 1.00 bits per heavy atom. The Labute approximate surface area is 221 Å². The van der Waals surface area contributed by atoms with E-state index < -0.39 is 10.0 Å². The first-order valence-corrected chi connectivity index (χ1v) is 13.9. The summed E-state index contributed by atoms with van der Waals surface area (Å²) in [6.45, 7) is 4.16. The van der Waals surface area contributed by atoms with Gasteiger partial charge in [-0.3, -0.25) is 4.79 Å². The van der Waals surface area contributed by atoms with Crippen molar-refractivity contribution in [1.29, 1.82) is 0 Å². The highest BCUT2D eigenvalue weighted by Crippen LogP contribution is 2.33. The van der Waals surface area contributed by atoms with Gasteiger partial charge < -0.3 is 15.4 Å². The summed E-state index contributed by atoms with van der Waals surface area (Å²) < 4.78 is 34.6. The van der Waals surface area contributed by atoms with Crippen LogP contribution >= 0.6 is 0 Å². The molecule has 1 fully saturated rings. The molecule has 4 aromatic rings. The molecule has 1 aromatic heterocycles. The second kappa shape index (κ2) is 10.9. The zero-order valence-corrected chi connectivity index (χ0v) is 22.0. The average Bonchev–Trinajstić information content (AvgIpc) is 3.43. The van der Waals surface area contributed by atoms with Crippen LogP contribution in [-0.2, 0) is 19.6 Å². The fourth-order valence-electron chi connectivity index (χ4n) is 4.51. The fraction of sp³-hybridized carbons (Fsp3) is 0.250. The number of carbonyl (C=O) groups is 1. The summed E-state index contributed by atoms with van der Waals surface area (Å²) in [4.78, 5) is 11.5. The molecule has 0 unspecified atom stereocenters. The van der Waals surface area contributed by atoms with Crippen LogP contribution in [0.4, 0.5) is 17.2 Å². The number of sulfonamides is 1. The number of hydrogen-bond donors (Lipinski definition) is 3. The number of nitrogens with one attached hydrogen (secondary N) is 3. The maximum absolute atomic E-state index is 13.2. The molecule has 3 N–H and O–H groups in total. The van der Waals surface area contributed by atoms with E-state index in [9.17, 15) is 13.2 Å². The van der Waals surface area contributed by atoms with E-state index in [0.717, 1.165) is 29.3 Å². The van der Waals surface area contributed by atoms with E-state index in [4.69, 9.17) is 4.74 Å². The first kappa shape index (κ1) is 25.8. The number of hydrogen-bond acceptors (Lipinski definition) is 7. The van der Waals surface area contributed by atoms with Crippen LogP contribution in [-0.4, -0.2) is 43.8 Å². The molecule has 0 aliphatic carbocycles. The Hall–Kier alpha value is -3.86. The van der Waals surface area contributed by atoms with Crippen LogP contribution < -0.4 is 15.4 Å². The van der Waals surface area contributed by atoms with Gasteiger partial charge in [0.2, 0.25) is 15.9 Å². The smallest absolute Gasteiger partial charge is 0.240 e. The van der Waals surface area contributed by atoms with Gasteiger partial charge in [0, 0.05) is 47.8 Å². The highest BCUT2D eigenvalue weighted by atomic mass is 32.2. The summed E-state index contributed by atoms with van der Waals surface area (Å²) in [5.41, 5.74) is 3.37. The lowest BCUT2D eigenvalue weighted by atomic mass is 10.0. The minimum atomic E-state index is -3.74. The van der Waals surface area contributed by atoms with Gasteiger partial charge in [0.25, 0.3) is 0 Å². The Balaban J connectivity index is 1.45. The van der Waals surface area contributed by atoms with E-state index >= 15 is 0 Å². The SMILES string of the molecule is CC(=O)Nc1ccc(Nc2nnc(-c3ccc(C)c(S(=O)(=O)NC[C@@H]4CCCO4)c3)c3ccccc23)cc1. The zero-order valence-electron chi connectivity index (χ0n) is 21.2. The molecule has 0 radical (unpaired) electrons. The summed E-state index contributed by atoms with van der Waals surface area (Å²) in [5.74, 6) is 0.429. The average molecular weight is 532 g/mol. The first-order valence-electron chi connectivity index (χ1n) is 12.4. The van der Waals surface area contributed by atoms with Gasteiger partial charge in [0.05, 0.1) is 11.0 Å². The molecule has 1 aliphatic rings. The van der Waals surface area contributed by atoms with Crippen molar-refractivity contribution >= 4 is 43.9 Å². The largest absolute Gasteiger partial charge is 0.377 e. The Morgan fingerprint density at radius 2 is 1.74 bits per heavy atom. The van der Waals surface area contributed by atoms with E-state index in [1.54, 1.807) is 31.2 Å². The molecule has 0 bridgehead atoms. The van der Waals surface area contributed by atoms with Crippen LogP contribution in [0.3, 0.4) is 0 Å². The van der Waals surface area contributed by atoms with Gasteiger partial charge in [-0.15, -0.1) is 10.2 Å². The van der Waals surface area contributed by atoms with E-state index in [1.165, 1.54) is 6.92 Å². The van der Waals surface area contributed by atoms with Crippen molar-refractivity contribution in [2.45, 2.75) is 37.7 Å². The van der Waals surface area contributed by atoms with Crippen LogP contribution in [0, 0.1) is 6.92 Å². The molecular weight excluding hydrogens is 502 g/mol. The van der Waals surface area contributed by atoms with Crippen molar-refractivity contribution in [1.82, 2.24) is 14.9 Å². The maximum atomic E-state index is 13.2. The molecule has 1 atom stereocenters. The van der Waals surface area contributed by atoms with Gasteiger partial charge in [-0.25, -0.2) is 13.1 Å². The monoisotopic (exact) mass is 531 g/mol. The summed E-state index contributed by atoms with van der Waals surface area (Å²) in [6.07, 6.45) is 1.70. The number of nitrogens with zero attached hydrogens (tertiary/aromatic N) is 2. The van der Waals surface area contributed by atoms with Gasteiger partial charge in [0.1, 0.15) is 5.69 Å². The third-order valence-electron chi connectivity index (χ3n) is 6.43. The summed E-state index contributed by atoms with van der Waals surface area (Å²) in [7, 11) is -3.74. The van der Waals surface area contributed by atoms with Crippen molar-refractivity contribution in [3.63, 3.8) is 0 Å². The number of aryl methyl sites for hydroxylation is 1. The summed E-state index contributed by atoms with van der Waals surface area (Å²) >= 11 is 0. The van der Waals surface area contributed by atoms with Gasteiger partial charge >= 0.3 is 0 Å². The molecule has 2 heterocycles. The van der Waals surface area contributed by atoms with Gasteiger partial charge in [0.15, 0.2) is 5.82 Å². The number of ether oxygens (including phenoxy) is 1. The molecule has 5 rings (SSSR count). The zero-order chi connectivity index (χ0) is 26.7. The van der Waals surface area contributed by atoms with Crippen LogP contribution in [0.1, 0.15) is 25.3 Å². The molecule has 1 saturated heterocycles. The normalized spacial score (nSPS) is 15.5. The highest BCUT2D eigenvalue weighted by Gasteiger charge is 2.23. The minimum absolute atomic E-state index is 0.0929. The van der Waals surface area contributed by atoms with Crippen molar-refractivity contribution < 1.29 is 17.9 Å². The molecule has 0 saturated carbocycles. The molecule has 38 heavy (non-hydrogen) atoms. The van der Waals surface area contributed by atoms with Crippen LogP contribution in [0.5, 0.6) is 0 Å². The molecule has 10 heteroatoms. The van der Waals surface area contributed by atoms with Gasteiger partial charge in [-0.2, -0.15) is 0 Å². The molecule has 1 aliphatic heterocycles. The lowest BCUT2D eigenvalue weighted by molar-refractivity contribution is -0.114. The van der Waals surface area contributed by atoms with Gasteiger partial charge in [-0.05, 0) is 55.7 Å². The lowest BCUT2D eigenvalue weighted by Gasteiger charge is -2.15. The molecular formula is C28H29N5O4S. The standard InChI is InChI=1S/C28H29N5O4S/c1-18-9-10-20(16-26(18)38(35,36)29-17-23-6-5-15-37-23)27-24-7-3-4-8-25(24)28(33-32-27)31-22-13-11-21(12-14-22)30-19(2)34/h3-4,7-14,16,23,29H,5-6,15,17H2,1-2H3,(H,30,34)(H,31,33)/t23-/m0/s1. The summed E-state index contributed by atoms with van der Waals surface area (Å²) in [5, 5.41) is 16.6. The number of aromatic nitrogens is 2. The number of benzene rings is 3.